The number of nitrogens with one attached hydrogen (secondary N) is 1. The summed E-state index contributed by atoms with van der Waals surface area (Å²) in [6.45, 7) is 5.15. The Morgan fingerprint density at radius 3 is 2.46 bits per heavy atom. The predicted octanol–water partition coefficient (Wildman–Crippen LogP) is 5.63. The molecule has 0 radical (unpaired) electrons. The van der Waals surface area contributed by atoms with Crippen LogP contribution in [-0.2, 0) is 11.4 Å². The number of aromatic nitrogens is 1. The third-order valence-corrected chi connectivity index (χ3v) is 6.94. The van der Waals surface area contributed by atoms with Crippen LogP contribution >= 0.6 is 15.9 Å². The van der Waals surface area contributed by atoms with E-state index in [1.54, 1.807) is 33.0 Å². The first-order valence-corrected chi connectivity index (χ1v) is 10.5. The summed E-state index contributed by atoms with van der Waals surface area (Å²) < 4.78 is 58.3. The zero-order valence-electron chi connectivity index (χ0n) is 14.9. The predicted molar refractivity (Wildman–Crippen MR) is 102 cm³/mol. The lowest BCUT2D eigenvalue weighted by Gasteiger charge is -2.28. The molecule has 2 atom stereocenters. The Hall–Kier alpha value is -0.700. The summed E-state index contributed by atoms with van der Waals surface area (Å²) in [4.78, 5) is 0. The summed E-state index contributed by atoms with van der Waals surface area (Å²) in [5, 5.41) is 0.432. The lowest BCUT2D eigenvalue weighted by molar-refractivity contribution is 0.109. The van der Waals surface area contributed by atoms with Crippen molar-refractivity contribution in [3.63, 3.8) is 0 Å². The van der Waals surface area contributed by atoms with Gasteiger partial charge in [-0.25, -0.2) is 13.2 Å². The number of nitrogens with zero attached hydrogens (tertiary/aromatic N) is 1. The highest BCUT2D eigenvalue weighted by atomic mass is 79.9. The summed E-state index contributed by atoms with van der Waals surface area (Å²) >= 11 is 1.51. The molecule has 1 aromatic carbocycles. The van der Waals surface area contributed by atoms with E-state index in [9.17, 15) is 17.7 Å². The molecule has 1 saturated carbocycles. The molecule has 1 fully saturated rings. The zero-order chi connectivity index (χ0) is 19.2. The van der Waals surface area contributed by atoms with E-state index >= 15 is 0 Å². The fourth-order valence-corrected chi connectivity index (χ4v) is 4.17. The minimum absolute atomic E-state index is 0.232. The van der Waals surface area contributed by atoms with Crippen molar-refractivity contribution in [3.05, 3.63) is 34.2 Å². The number of hydrogen-bond acceptors (Lipinski definition) is 2. The van der Waals surface area contributed by atoms with Gasteiger partial charge in [0.05, 0.1) is 4.47 Å². The van der Waals surface area contributed by atoms with Gasteiger partial charge in [-0.05, 0) is 68.1 Å². The molecule has 8 heteroatoms. The summed E-state index contributed by atoms with van der Waals surface area (Å²) in [5.41, 5.74) is 0.998. The highest BCUT2D eigenvalue weighted by molar-refractivity contribution is 9.10. The van der Waals surface area contributed by atoms with E-state index in [0.717, 1.165) is 19.3 Å². The van der Waals surface area contributed by atoms with Crippen molar-refractivity contribution in [1.82, 2.24) is 9.29 Å². The van der Waals surface area contributed by atoms with Gasteiger partial charge in [-0.3, -0.25) is 0 Å². The maximum absolute atomic E-state index is 14.1. The first-order valence-electron chi connectivity index (χ1n) is 8.55. The fraction of sp³-hybridized carbons (Fsp3) is 0.556. The molecular formula is C18H22BrF3N2OS. The highest BCUT2D eigenvalue weighted by Gasteiger charge is 2.36. The van der Waals surface area contributed by atoms with Crippen molar-refractivity contribution < 1.29 is 17.7 Å². The molecule has 1 aliphatic carbocycles. The van der Waals surface area contributed by atoms with E-state index < -0.39 is 34.4 Å². The molecule has 0 aliphatic heterocycles. The van der Waals surface area contributed by atoms with Crippen LogP contribution in [-0.4, -0.2) is 20.3 Å². The van der Waals surface area contributed by atoms with Gasteiger partial charge in [0.2, 0.25) is 0 Å². The van der Waals surface area contributed by atoms with E-state index in [0.29, 0.717) is 15.4 Å². The molecule has 144 valence electrons. The van der Waals surface area contributed by atoms with Crippen LogP contribution in [0, 0.1) is 5.82 Å². The molecular weight excluding hydrogens is 429 g/mol. The van der Waals surface area contributed by atoms with Crippen LogP contribution in [0.3, 0.4) is 0 Å². The Labute approximate surface area is 162 Å². The lowest BCUT2D eigenvalue weighted by atomic mass is 9.93. The van der Waals surface area contributed by atoms with E-state index in [4.69, 9.17) is 0 Å². The van der Waals surface area contributed by atoms with Gasteiger partial charge in [0, 0.05) is 40.1 Å². The van der Waals surface area contributed by atoms with Crippen LogP contribution in [0.4, 0.5) is 13.2 Å². The average molecular weight is 451 g/mol. The van der Waals surface area contributed by atoms with Gasteiger partial charge in [0.15, 0.2) is 0 Å². The molecule has 3 rings (SSSR count). The summed E-state index contributed by atoms with van der Waals surface area (Å²) in [5.74, 6) is -0.505. The monoisotopic (exact) mass is 450 g/mol. The summed E-state index contributed by atoms with van der Waals surface area (Å²) in [6.07, 6.45) is 1.93. The molecule has 1 heterocycles. The van der Waals surface area contributed by atoms with Crippen molar-refractivity contribution in [3.8, 4) is 0 Å². The molecule has 2 aromatic rings. The Kier molecular flexibility index (Phi) is 5.68. The molecule has 0 spiro atoms. The van der Waals surface area contributed by atoms with E-state index in [2.05, 4.69) is 20.7 Å². The Morgan fingerprint density at radius 2 is 1.96 bits per heavy atom. The zero-order valence-corrected chi connectivity index (χ0v) is 17.3. The highest BCUT2D eigenvalue weighted by Crippen LogP contribution is 2.40. The van der Waals surface area contributed by atoms with Crippen molar-refractivity contribution in [1.29, 1.82) is 0 Å². The molecule has 0 bridgehead atoms. The SMILES string of the molecule is CC(C)(C)[S@+]([O-])NC(c1cn(C2CCC2)c2cc(Br)c(F)cc12)C(F)F. The van der Waals surface area contributed by atoms with Gasteiger partial charge in [-0.1, -0.05) is 0 Å². The van der Waals surface area contributed by atoms with Gasteiger partial charge in [0.25, 0.3) is 6.43 Å². The number of hydrogen-bond donors (Lipinski definition) is 1. The van der Waals surface area contributed by atoms with Crippen molar-refractivity contribution in [2.75, 3.05) is 0 Å². The molecule has 3 nitrogen and oxygen atoms in total. The van der Waals surface area contributed by atoms with Crippen molar-refractivity contribution in [2.24, 2.45) is 0 Å². The van der Waals surface area contributed by atoms with Gasteiger partial charge in [-0.2, -0.15) is 0 Å². The Morgan fingerprint density at radius 1 is 1.31 bits per heavy atom. The van der Waals surface area contributed by atoms with Crippen molar-refractivity contribution >= 4 is 38.2 Å². The van der Waals surface area contributed by atoms with Crippen LogP contribution in [0.1, 0.15) is 57.7 Å². The van der Waals surface area contributed by atoms with E-state index in [1.165, 1.54) is 6.07 Å². The second kappa shape index (κ2) is 7.37. The maximum Gasteiger partial charge on any atom is 0.262 e. The standard InChI is InChI=1S/C18H22BrF3N2OS/c1-18(2,3)26(25)23-16(17(21)22)12-9-24(10-5-4-6-10)15-8-13(19)14(20)7-11(12)15/h7-10,16-17,23H,4-6H2,1-3H3/t16?,26-/m0/s1. The Balaban J connectivity index is 2.10. The molecule has 1 N–H and O–H groups in total. The van der Waals surface area contributed by atoms with Crippen LogP contribution in [0.25, 0.3) is 10.9 Å². The minimum Gasteiger partial charge on any atom is -0.598 e. The minimum atomic E-state index is -2.77. The molecule has 1 unspecified atom stereocenters. The molecule has 0 saturated heterocycles. The van der Waals surface area contributed by atoms with Crippen LogP contribution in [0.15, 0.2) is 22.8 Å². The molecule has 26 heavy (non-hydrogen) atoms. The van der Waals surface area contributed by atoms with E-state index in [1.807, 2.05) is 4.57 Å². The average Bonchev–Trinajstić information content (AvgIpc) is 2.80. The quantitative estimate of drug-likeness (QED) is 0.599. The van der Waals surface area contributed by atoms with Gasteiger partial charge in [-0.15, -0.1) is 4.72 Å². The first kappa shape index (κ1) is 20.0. The lowest BCUT2D eigenvalue weighted by Crippen LogP contribution is -2.43. The first-order chi connectivity index (χ1) is 12.1. The van der Waals surface area contributed by atoms with Gasteiger partial charge < -0.3 is 9.12 Å². The molecule has 1 aromatic heterocycles. The number of benzene rings is 1. The molecule has 1 aliphatic rings. The Bertz CT molecular complexity index is 802. The normalized spacial score (nSPS) is 18.3. The van der Waals surface area contributed by atoms with Gasteiger partial charge in [0.1, 0.15) is 16.6 Å². The summed E-state index contributed by atoms with van der Waals surface area (Å²) in [7, 11) is 0. The number of alkyl halides is 2. The van der Waals surface area contributed by atoms with Crippen molar-refractivity contribution in [2.45, 2.75) is 63.3 Å². The number of fused-ring (bicyclic) bond motifs is 1. The third-order valence-electron chi connectivity index (χ3n) is 4.75. The smallest absolute Gasteiger partial charge is 0.262 e. The topological polar surface area (TPSA) is 40.0 Å². The third kappa shape index (κ3) is 3.79. The van der Waals surface area contributed by atoms with Crippen LogP contribution in [0.5, 0.6) is 0 Å². The van der Waals surface area contributed by atoms with Crippen LogP contribution in [0.2, 0.25) is 0 Å². The second-order valence-corrected chi connectivity index (χ2v) is 10.5. The second-order valence-electron chi connectivity index (χ2n) is 7.67. The largest absolute Gasteiger partial charge is 0.598 e. The number of rotatable bonds is 5. The fourth-order valence-electron chi connectivity index (χ4n) is 3.03. The van der Waals surface area contributed by atoms with E-state index in [-0.39, 0.29) is 11.6 Å². The van der Waals surface area contributed by atoms with Crippen LogP contribution < -0.4 is 4.72 Å². The molecule has 0 amide bonds. The summed E-state index contributed by atoms with van der Waals surface area (Å²) in [6, 6.07) is 1.71. The van der Waals surface area contributed by atoms with Gasteiger partial charge >= 0.3 is 0 Å². The maximum atomic E-state index is 14.1. The number of halogens is 4.